The highest BCUT2D eigenvalue weighted by atomic mass is 35.5. The summed E-state index contributed by atoms with van der Waals surface area (Å²) in [6.07, 6.45) is 0. The Morgan fingerprint density at radius 2 is 1.93 bits per heavy atom. The normalized spacial score (nSPS) is 10.8. The second-order valence-corrected chi connectivity index (χ2v) is 7.83. The zero-order chi connectivity index (χ0) is 20.5. The number of rotatable bonds is 4. The third-order valence-corrected chi connectivity index (χ3v) is 5.84. The fourth-order valence-corrected chi connectivity index (χ4v) is 4.02. The van der Waals surface area contributed by atoms with E-state index in [9.17, 15) is 14.9 Å². The SMILES string of the molecule is Cc1ccc(-c2nc3ccccc3s2)cc1NC(=O)c1ccc(Cl)c([N+](=O)[O-])c1. The molecule has 0 saturated heterocycles. The van der Waals surface area contributed by atoms with Crippen molar-refractivity contribution in [3.05, 3.63) is 86.9 Å². The maximum atomic E-state index is 12.7. The number of aryl methyl sites for hydroxylation is 1. The molecule has 4 aromatic rings. The molecule has 8 heteroatoms. The largest absolute Gasteiger partial charge is 0.322 e. The lowest BCUT2D eigenvalue weighted by Gasteiger charge is -2.10. The number of benzene rings is 3. The number of hydrogen-bond acceptors (Lipinski definition) is 5. The number of thiazole rings is 1. The van der Waals surface area contributed by atoms with Crippen LogP contribution in [-0.4, -0.2) is 15.8 Å². The molecule has 0 aliphatic rings. The number of nitrogens with one attached hydrogen (secondary N) is 1. The lowest BCUT2D eigenvalue weighted by atomic mass is 10.1. The minimum Gasteiger partial charge on any atom is -0.322 e. The van der Waals surface area contributed by atoms with Crippen LogP contribution in [0.4, 0.5) is 11.4 Å². The monoisotopic (exact) mass is 423 g/mol. The van der Waals surface area contributed by atoms with Gasteiger partial charge in [0.2, 0.25) is 0 Å². The van der Waals surface area contributed by atoms with E-state index >= 15 is 0 Å². The van der Waals surface area contributed by atoms with Crippen molar-refractivity contribution in [2.45, 2.75) is 6.92 Å². The molecule has 0 spiro atoms. The predicted octanol–water partition coefficient (Wildman–Crippen LogP) is 6.09. The van der Waals surface area contributed by atoms with Crippen LogP contribution in [0, 0.1) is 17.0 Å². The molecule has 144 valence electrons. The van der Waals surface area contributed by atoms with Crippen molar-refractivity contribution in [3.8, 4) is 10.6 Å². The number of nitro groups is 1. The van der Waals surface area contributed by atoms with Crippen LogP contribution >= 0.6 is 22.9 Å². The Morgan fingerprint density at radius 1 is 1.14 bits per heavy atom. The summed E-state index contributed by atoms with van der Waals surface area (Å²) in [5.74, 6) is -0.450. The van der Waals surface area contributed by atoms with E-state index in [2.05, 4.69) is 10.3 Å². The minimum absolute atomic E-state index is 0.0134. The molecule has 0 unspecified atom stereocenters. The van der Waals surface area contributed by atoms with E-state index in [-0.39, 0.29) is 16.3 Å². The van der Waals surface area contributed by atoms with E-state index in [1.165, 1.54) is 18.2 Å². The lowest BCUT2D eigenvalue weighted by Crippen LogP contribution is -2.13. The molecule has 0 saturated carbocycles. The van der Waals surface area contributed by atoms with Gasteiger partial charge in [0.1, 0.15) is 10.0 Å². The van der Waals surface area contributed by atoms with Gasteiger partial charge in [-0.15, -0.1) is 11.3 Å². The van der Waals surface area contributed by atoms with Crippen LogP contribution < -0.4 is 5.32 Å². The molecule has 0 bridgehead atoms. The van der Waals surface area contributed by atoms with E-state index in [0.29, 0.717) is 5.69 Å². The van der Waals surface area contributed by atoms with Gasteiger partial charge in [-0.25, -0.2) is 4.98 Å². The number of nitro benzene ring substituents is 1. The van der Waals surface area contributed by atoms with Gasteiger partial charge in [0.05, 0.1) is 15.1 Å². The van der Waals surface area contributed by atoms with E-state index in [1.54, 1.807) is 11.3 Å². The average molecular weight is 424 g/mol. The topological polar surface area (TPSA) is 85.1 Å². The molecule has 1 N–H and O–H groups in total. The van der Waals surface area contributed by atoms with Crippen LogP contribution in [0.2, 0.25) is 5.02 Å². The summed E-state index contributed by atoms with van der Waals surface area (Å²) < 4.78 is 1.09. The van der Waals surface area contributed by atoms with E-state index in [4.69, 9.17) is 11.6 Å². The third-order valence-electron chi connectivity index (χ3n) is 4.43. The molecule has 0 aliphatic heterocycles. The summed E-state index contributed by atoms with van der Waals surface area (Å²) >= 11 is 7.40. The van der Waals surface area contributed by atoms with Gasteiger partial charge in [0, 0.05) is 22.9 Å². The van der Waals surface area contributed by atoms with Crippen molar-refractivity contribution in [3.63, 3.8) is 0 Å². The highest BCUT2D eigenvalue weighted by molar-refractivity contribution is 7.21. The van der Waals surface area contributed by atoms with E-state index in [1.807, 2.05) is 49.4 Å². The zero-order valence-electron chi connectivity index (χ0n) is 15.2. The van der Waals surface area contributed by atoms with Gasteiger partial charge in [0.15, 0.2) is 0 Å². The molecule has 6 nitrogen and oxygen atoms in total. The summed E-state index contributed by atoms with van der Waals surface area (Å²) in [6.45, 7) is 1.88. The summed E-state index contributed by atoms with van der Waals surface area (Å²) in [5.41, 5.74) is 3.14. The Balaban J connectivity index is 1.65. The van der Waals surface area contributed by atoms with Crippen molar-refractivity contribution >= 4 is 50.4 Å². The smallest absolute Gasteiger partial charge is 0.288 e. The molecule has 29 heavy (non-hydrogen) atoms. The number of anilines is 1. The highest BCUT2D eigenvalue weighted by Gasteiger charge is 2.17. The third kappa shape index (κ3) is 3.83. The molecule has 0 fully saturated rings. The Morgan fingerprint density at radius 3 is 2.69 bits per heavy atom. The Labute approximate surface area is 174 Å². The Bertz CT molecular complexity index is 1240. The molecule has 4 rings (SSSR count). The van der Waals surface area contributed by atoms with Crippen molar-refractivity contribution < 1.29 is 9.72 Å². The minimum atomic E-state index is -0.613. The first kappa shape index (κ1) is 19.0. The van der Waals surface area contributed by atoms with Crippen LogP contribution in [0.15, 0.2) is 60.7 Å². The van der Waals surface area contributed by atoms with Crippen molar-refractivity contribution in [2.75, 3.05) is 5.32 Å². The number of aromatic nitrogens is 1. The molecule has 1 aromatic heterocycles. The van der Waals surface area contributed by atoms with Gasteiger partial charge in [0.25, 0.3) is 11.6 Å². The molecule has 0 atom stereocenters. The molecular formula is C21H14ClN3O3S. The predicted molar refractivity (Wildman–Crippen MR) is 116 cm³/mol. The highest BCUT2D eigenvalue weighted by Crippen LogP contribution is 2.32. The first-order chi connectivity index (χ1) is 13.9. The van der Waals surface area contributed by atoms with Crippen LogP contribution in [0.3, 0.4) is 0 Å². The number of hydrogen-bond donors (Lipinski definition) is 1. The number of para-hydroxylation sites is 1. The average Bonchev–Trinajstić information content (AvgIpc) is 3.14. The van der Waals surface area contributed by atoms with Gasteiger partial charge in [-0.2, -0.15) is 0 Å². The fourth-order valence-electron chi connectivity index (χ4n) is 2.87. The first-order valence-corrected chi connectivity index (χ1v) is 9.84. The van der Waals surface area contributed by atoms with Gasteiger partial charge in [-0.1, -0.05) is 35.9 Å². The first-order valence-electron chi connectivity index (χ1n) is 8.64. The number of carbonyl (C=O) groups excluding carboxylic acids is 1. The standard InChI is InChI=1S/C21H14ClN3O3S/c1-12-6-7-14(21-24-16-4-2-3-5-19(16)29-21)10-17(12)23-20(26)13-8-9-15(22)18(11-13)25(27)28/h2-11H,1H3,(H,23,26). The second-order valence-electron chi connectivity index (χ2n) is 6.39. The molecule has 3 aromatic carbocycles. The molecule has 0 aliphatic carbocycles. The van der Waals surface area contributed by atoms with Crippen LogP contribution in [0.5, 0.6) is 0 Å². The maximum Gasteiger partial charge on any atom is 0.288 e. The van der Waals surface area contributed by atoms with Gasteiger partial charge in [-0.3, -0.25) is 14.9 Å². The van der Waals surface area contributed by atoms with Crippen molar-refractivity contribution in [1.82, 2.24) is 4.98 Å². The lowest BCUT2D eigenvalue weighted by molar-refractivity contribution is -0.384. The van der Waals surface area contributed by atoms with Crippen LogP contribution in [-0.2, 0) is 0 Å². The number of fused-ring (bicyclic) bond motifs is 1. The molecular weight excluding hydrogens is 410 g/mol. The molecule has 0 radical (unpaired) electrons. The number of carbonyl (C=O) groups is 1. The summed E-state index contributed by atoms with van der Waals surface area (Å²) in [5, 5.41) is 14.7. The van der Waals surface area contributed by atoms with Crippen molar-refractivity contribution in [2.24, 2.45) is 0 Å². The summed E-state index contributed by atoms with van der Waals surface area (Å²) in [7, 11) is 0. The quantitative estimate of drug-likeness (QED) is 0.318. The Hall–Kier alpha value is -3.29. The molecule has 1 amide bonds. The number of halogens is 1. The van der Waals surface area contributed by atoms with E-state index in [0.717, 1.165) is 26.4 Å². The van der Waals surface area contributed by atoms with Crippen LogP contribution in [0.1, 0.15) is 15.9 Å². The van der Waals surface area contributed by atoms with Gasteiger partial charge < -0.3 is 5.32 Å². The Kier molecular flexibility index (Phi) is 5.00. The van der Waals surface area contributed by atoms with Crippen molar-refractivity contribution in [1.29, 1.82) is 0 Å². The van der Waals surface area contributed by atoms with Crippen LogP contribution in [0.25, 0.3) is 20.8 Å². The molecule has 1 heterocycles. The summed E-state index contributed by atoms with van der Waals surface area (Å²) in [6, 6.07) is 17.6. The number of amides is 1. The maximum absolute atomic E-state index is 12.7. The zero-order valence-corrected chi connectivity index (χ0v) is 16.8. The van der Waals surface area contributed by atoms with Gasteiger partial charge >= 0.3 is 0 Å². The fraction of sp³-hybridized carbons (Fsp3) is 0.0476. The van der Waals surface area contributed by atoms with Gasteiger partial charge in [-0.05, 0) is 42.8 Å². The van der Waals surface area contributed by atoms with E-state index < -0.39 is 10.8 Å². The summed E-state index contributed by atoms with van der Waals surface area (Å²) in [4.78, 5) is 27.8. The second kappa shape index (κ2) is 7.62. The number of nitrogens with zero attached hydrogens (tertiary/aromatic N) is 2.